The van der Waals surface area contributed by atoms with Crippen molar-refractivity contribution in [3.8, 4) is 16.9 Å². The van der Waals surface area contributed by atoms with Crippen LogP contribution in [0.3, 0.4) is 0 Å². The van der Waals surface area contributed by atoms with Gasteiger partial charge in [0.2, 0.25) is 0 Å². The molecular formula is C26H21N5O5. The standard InChI is InChI=1S/C26H21N5O5/c1-36-24-15-18(6-9-23(24)31(34)35)17-5-7-19-21(14-17)28-20-8-4-16(13-22(20)29-26(19)33)10-12-30-25(32)3-2-11-27-30/h2-9,11,13-15,28H,10,12H2,1H3,(H,29,33). The molecule has 0 bridgehead atoms. The summed E-state index contributed by atoms with van der Waals surface area (Å²) in [6.07, 6.45) is 2.14. The highest BCUT2D eigenvalue weighted by Crippen LogP contribution is 2.37. The van der Waals surface area contributed by atoms with Crippen molar-refractivity contribution in [2.45, 2.75) is 13.0 Å². The number of fused-ring (bicyclic) bond motifs is 2. The number of nitro benzene ring substituents is 1. The second-order valence-corrected chi connectivity index (χ2v) is 8.20. The van der Waals surface area contributed by atoms with E-state index >= 15 is 0 Å². The first-order valence-electron chi connectivity index (χ1n) is 11.1. The molecule has 1 amide bonds. The number of methoxy groups -OCH3 is 1. The fourth-order valence-electron chi connectivity index (χ4n) is 4.12. The zero-order valence-electron chi connectivity index (χ0n) is 19.2. The summed E-state index contributed by atoms with van der Waals surface area (Å²) in [5.41, 5.74) is 4.55. The number of amides is 1. The predicted molar refractivity (Wildman–Crippen MR) is 135 cm³/mol. The van der Waals surface area contributed by atoms with Crippen LogP contribution in [0.1, 0.15) is 15.9 Å². The molecule has 5 rings (SSSR count). The van der Waals surface area contributed by atoms with Crippen molar-refractivity contribution in [3.63, 3.8) is 0 Å². The Morgan fingerprint density at radius 3 is 2.53 bits per heavy atom. The van der Waals surface area contributed by atoms with Gasteiger partial charge in [0.15, 0.2) is 5.75 Å². The molecule has 0 spiro atoms. The lowest BCUT2D eigenvalue weighted by Crippen LogP contribution is -2.22. The Hall–Kier alpha value is -4.99. The molecule has 0 fully saturated rings. The number of aryl methyl sites for hydroxylation is 2. The topological polar surface area (TPSA) is 128 Å². The SMILES string of the molecule is COc1cc(-c2ccc3c(c2)Nc2ccc(CCn4ncccc4=O)cc2NC3=O)ccc1[N+](=O)[O-]. The largest absolute Gasteiger partial charge is 0.490 e. The van der Waals surface area contributed by atoms with Crippen LogP contribution in [0, 0.1) is 10.1 Å². The van der Waals surface area contributed by atoms with E-state index < -0.39 is 4.92 Å². The number of benzene rings is 3. The molecule has 0 aliphatic carbocycles. The summed E-state index contributed by atoms with van der Waals surface area (Å²) in [5.74, 6) is -0.105. The molecule has 10 heteroatoms. The van der Waals surface area contributed by atoms with Gasteiger partial charge in [-0.1, -0.05) is 12.1 Å². The predicted octanol–water partition coefficient (Wildman–Crippen LogP) is 4.38. The van der Waals surface area contributed by atoms with Crippen LogP contribution in [0.4, 0.5) is 22.7 Å². The molecule has 0 radical (unpaired) electrons. The van der Waals surface area contributed by atoms with Gasteiger partial charge in [0.1, 0.15) is 0 Å². The minimum Gasteiger partial charge on any atom is -0.490 e. The van der Waals surface area contributed by atoms with E-state index in [1.807, 2.05) is 24.3 Å². The molecule has 10 nitrogen and oxygen atoms in total. The van der Waals surface area contributed by atoms with E-state index in [-0.39, 0.29) is 22.9 Å². The number of hydrogen-bond acceptors (Lipinski definition) is 7. The van der Waals surface area contributed by atoms with E-state index in [1.165, 1.54) is 23.9 Å². The Morgan fingerprint density at radius 2 is 1.75 bits per heavy atom. The third-order valence-corrected chi connectivity index (χ3v) is 5.97. The molecule has 0 saturated carbocycles. The smallest absolute Gasteiger partial charge is 0.310 e. The second-order valence-electron chi connectivity index (χ2n) is 8.20. The molecule has 1 aromatic heterocycles. The average molecular weight is 483 g/mol. The molecule has 2 heterocycles. The van der Waals surface area contributed by atoms with Gasteiger partial charge >= 0.3 is 5.69 Å². The Balaban J connectivity index is 1.43. The molecular weight excluding hydrogens is 462 g/mol. The van der Waals surface area contributed by atoms with Crippen molar-refractivity contribution in [1.82, 2.24) is 9.78 Å². The van der Waals surface area contributed by atoms with Crippen molar-refractivity contribution in [3.05, 3.63) is 105 Å². The normalized spacial score (nSPS) is 12.0. The lowest BCUT2D eigenvalue weighted by molar-refractivity contribution is -0.385. The van der Waals surface area contributed by atoms with E-state index in [0.717, 1.165) is 16.8 Å². The van der Waals surface area contributed by atoms with Gasteiger partial charge in [-0.25, -0.2) is 4.68 Å². The zero-order valence-corrected chi connectivity index (χ0v) is 19.2. The maximum atomic E-state index is 13.0. The fraction of sp³-hybridized carbons (Fsp3) is 0.115. The van der Waals surface area contributed by atoms with Crippen LogP contribution in [0.2, 0.25) is 0 Å². The van der Waals surface area contributed by atoms with E-state index in [1.54, 1.807) is 36.5 Å². The summed E-state index contributed by atoms with van der Waals surface area (Å²) in [6, 6.07) is 18.7. The quantitative estimate of drug-likeness (QED) is 0.308. The number of nitro groups is 1. The first kappa shape index (κ1) is 22.8. The van der Waals surface area contributed by atoms with Gasteiger partial charge in [0.05, 0.1) is 34.7 Å². The molecule has 3 aromatic carbocycles. The van der Waals surface area contributed by atoms with Crippen LogP contribution >= 0.6 is 0 Å². The van der Waals surface area contributed by atoms with E-state index in [4.69, 9.17) is 4.74 Å². The highest BCUT2D eigenvalue weighted by Gasteiger charge is 2.21. The Bertz CT molecular complexity index is 1560. The van der Waals surface area contributed by atoms with Crippen molar-refractivity contribution in [2.75, 3.05) is 17.7 Å². The monoisotopic (exact) mass is 483 g/mol. The van der Waals surface area contributed by atoms with Crippen molar-refractivity contribution in [2.24, 2.45) is 0 Å². The van der Waals surface area contributed by atoms with Gasteiger partial charge in [-0.15, -0.1) is 0 Å². The van der Waals surface area contributed by atoms with Gasteiger partial charge in [0, 0.05) is 24.9 Å². The van der Waals surface area contributed by atoms with Gasteiger partial charge < -0.3 is 15.4 Å². The van der Waals surface area contributed by atoms with E-state index in [2.05, 4.69) is 15.7 Å². The number of anilines is 3. The van der Waals surface area contributed by atoms with Gasteiger partial charge in [0.25, 0.3) is 11.5 Å². The van der Waals surface area contributed by atoms with Gasteiger partial charge in [-0.2, -0.15) is 5.10 Å². The fourth-order valence-corrected chi connectivity index (χ4v) is 4.12. The summed E-state index contributed by atoms with van der Waals surface area (Å²) < 4.78 is 6.58. The molecule has 0 unspecified atom stereocenters. The molecule has 1 aliphatic heterocycles. The molecule has 1 aliphatic rings. The second kappa shape index (κ2) is 9.34. The summed E-state index contributed by atoms with van der Waals surface area (Å²) >= 11 is 0. The lowest BCUT2D eigenvalue weighted by atomic mass is 10.0. The van der Waals surface area contributed by atoms with Crippen LogP contribution in [-0.2, 0) is 13.0 Å². The highest BCUT2D eigenvalue weighted by molar-refractivity contribution is 6.12. The summed E-state index contributed by atoms with van der Waals surface area (Å²) in [5, 5.41) is 21.6. The summed E-state index contributed by atoms with van der Waals surface area (Å²) in [6.45, 7) is 0.419. The number of nitrogens with one attached hydrogen (secondary N) is 2. The maximum Gasteiger partial charge on any atom is 0.310 e. The highest BCUT2D eigenvalue weighted by atomic mass is 16.6. The Kier molecular flexibility index (Phi) is 5.91. The van der Waals surface area contributed by atoms with Gasteiger partial charge in [-0.05, 0) is 65.6 Å². The number of aromatic nitrogens is 2. The Morgan fingerprint density at radius 1 is 0.944 bits per heavy atom. The number of nitrogens with zero attached hydrogens (tertiary/aromatic N) is 3. The Labute approximate surface area is 205 Å². The van der Waals surface area contributed by atoms with Crippen LogP contribution < -0.4 is 20.9 Å². The first-order valence-corrected chi connectivity index (χ1v) is 11.1. The number of ether oxygens (including phenoxy) is 1. The van der Waals surface area contributed by atoms with E-state index in [9.17, 15) is 19.7 Å². The van der Waals surface area contributed by atoms with Crippen LogP contribution in [0.15, 0.2) is 77.7 Å². The number of carbonyl (C=O) groups excluding carboxylic acids is 1. The molecule has 2 N–H and O–H groups in total. The molecule has 180 valence electrons. The van der Waals surface area contributed by atoms with Crippen LogP contribution in [0.5, 0.6) is 5.75 Å². The first-order chi connectivity index (χ1) is 17.4. The van der Waals surface area contributed by atoms with Crippen LogP contribution in [-0.4, -0.2) is 27.7 Å². The van der Waals surface area contributed by atoms with Crippen molar-refractivity contribution in [1.29, 1.82) is 0 Å². The molecule has 0 atom stereocenters. The maximum absolute atomic E-state index is 13.0. The van der Waals surface area contributed by atoms with Crippen molar-refractivity contribution >= 4 is 28.7 Å². The van der Waals surface area contributed by atoms with Gasteiger partial charge in [-0.3, -0.25) is 19.7 Å². The van der Waals surface area contributed by atoms with Crippen molar-refractivity contribution < 1.29 is 14.5 Å². The zero-order chi connectivity index (χ0) is 25.2. The molecule has 0 saturated heterocycles. The molecule has 36 heavy (non-hydrogen) atoms. The average Bonchev–Trinajstić information content (AvgIpc) is 3.02. The van der Waals surface area contributed by atoms with Crippen LogP contribution in [0.25, 0.3) is 11.1 Å². The number of hydrogen-bond donors (Lipinski definition) is 2. The minimum atomic E-state index is -0.495. The number of rotatable bonds is 6. The molecule has 4 aromatic rings. The summed E-state index contributed by atoms with van der Waals surface area (Å²) in [4.78, 5) is 35.6. The third kappa shape index (κ3) is 4.39. The van der Waals surface area contributed by atoms with E-state index in [0.29, 0.717) is 35.5 Å². The minimum absolute atomic E-state index is 0.119. The lowest BCUT2D eigenvalue weighted by Gasteiger charge is -2.12. The summed E-state index contributed by atoms with van der Waals surface area (Å²) in [7, 11) is 1.38. The number of carbonyl (C=O) groups is 1. The third-order valence-electron chi connectivity index (χ3n) is 5.97.